The van der Waals surface area contributed by atoms with Gasteiger partial charge in [-0.2, -0.15) is 4.98 Å². The van der Waals surface area contributed by atoms with Crippen molar-refractivity contribution >= 4 is 27.7 Å². The molecule has 6 nitrogen and oxygen atoms in total. The Balaban J connectivity index is 2.62. The van der Waals surface area contributed by atoms with Crippen molar-refractivity contribution in [3.8, 4) is 0 Å². The van der Waals surface area contributed by atoms with Gasteiger partial charge in [0.25, 0.3) is 0 Å². The van der Waals surface area contributed by atoms with Crippen molar-refractivity contribution in [1.82, 2.24) is 9.97 Å². The third-order valence-electron chi connectivity index (χ3n) is 2.26. The lowest BCUT2D eigenvalue weighted by atomic mass is 10.3. The van der Waals surface area contributed by atoms with Crippen LogP contribution in [-0.4, -0.2) is 50.0 Å². The molecule has 7 heteroatoms. The summed E-state index contributed by atoms with van der Waals surface area (Å²) in [6, 6.07) is 0. The fourth-order valence-corrected chi connectivity index (χ4v) is 1.67. The second-order valence-electron chi connectivity index (χ2n) is 3.61. The largest absolute Gasteiger partial charge is 0.382 e. The Morgan fingerprint density at radius 2 is 2.17 bits per heavy atom. The van der Waals surface area contributed by atoms with Crippen LogP contribution in [0.3, 0.4) is 0 Å². The molecule has 0 aliphatic rings. The number of halogens is 1. The standard InChI is InChI=1S/C11H19BrN4O2/c1-4-13-11-15-6-9(12)10(16-11)14-5-8(18-3)7-17-2/h6,8H,4-5,7H2,1-3H3,(H2,13,14,15,16). The van der Waals surface area contributed by atoms with Crippen molar-refractivity contribution < 1.29 is 9.47 Å². The monoisotopic (exact) mass is 318 g/mol. The summed E-state index contributed by atoms with van der Waals surface area (Å²) in [5, 5.41) is 6.27. The fourth-order valence-electron chi connectivity index (χ4n) is 1.34. The van der Waals surface area contributed by atoms with E-state index in [-0.39, 0.29) is 6.10 Å². The molecule has 1 aromatic rings. The van der Waals surface area contributed by atoms with Crippen molar-refractivity contribution in [2.45, 2.75) is 13.0 Å². The van der Waals surface area contributed by atoms with E-state index in [1.807, 2.05) is 6.92 Å². The Bertz CT molecular complexity index is 365. The minimum absolute atomic E-state index is 0.0144. The van der Waals surface area contributed by atoms with Crippen LogP contribution in [0.2, 0.25) is 0 Å². The van der Waals surface area contributed by atoms with E-state index in [0.29, 0.717) is 19.1 Å². The summed E-state index contributed by atoms with van der Waals surface area (Å²) in [6.07, 6.45) is 1.70. The highest BCUT2D eigenvalue weighted by molar-refractivity contribution is 9.10. The highest BCUT2D eigenvalue weighted by atomic mass is 79.9. The molecule has 0 amide bonds. The lowest BCUT2D eigenvalue weighted by Crippen LogP contribution is -2.27. The van der Waals surface area contributed by atoms with E-state index >= 15 is 0 Å². The van der Waals surface area contributed by atoms with Crippen molar-refractivity contribution in [2.75, 3.05) is 44.5 Å². The molecule has 1 rings (SSSR count). The zero-order valence-corrected chi connectivity index (χ0v) is 12.5. The smallest absolute Gasteiger partial charge is 0.224 e. The molecule has 0 saturated carbocycles. The zero-order valence-electron chi connectivity index (χ0n) is 10.9. The SMILES string of the molecule is CCNc1ncc(Br)c(NCC(COC)OC)n1. The Hall–Kier alpha value is -0.920. The first-order valence-corrected chi connectivity index (χ1v) is 6.52. The molecular weight excluding hydrogens is 300 g/mol. The van der Waals surface area contributed by atoms with Crippen molar-refractivity contribution in [2.24, 2.45) is 0 Å². The number of nitrogens with zero attached hydrogens (tertiary/aromatic N) is 2. The minimum atomic E-state index is -0.0144. The molecule has 1 heterocycles. The van der Waals surface area contributed by atoms with Gasteiger partial charge in [0.2, 0.25) is 5.95 Å². The normalized spacial score (nSPS) is 12.2. The Kier molecular flexibility index (Phi) is 6.92. The lowest BCUT2D eigenvalue weighted by Gasteiger charge is -2.16. The molecule has 1 unspecified atom stereocenters. The van der Waals surface area contributed by atoms with Gasteiger partial charge in [-0.15, -0.1) is 0 Å². The van der Waals surface area contributed by atoms with Gasteiger partial charge in [0.1, 0.15) is 5.82 Å². The molecule has 0 spiro atoms. The van der Waals surface area contributed by atoms with Crippen LogP contribution >= 0.6 is 15.9 Å². The molecule has 0 aliphatic carbocycles. The van der Waals surface area contributed by atoms with Gasteiger partial charge < -0.3 is 20.1 Å². The third kappa shape index (κ3) is 4.75. The maximum absolute atomic E-state index is 5.27. The van der Waals surface area contributed by atoms with E-state index in [1.54, 1.807) is 20.4 Å². The maximum Gasteiger partial charge on any atom is 0.224 e. The molecule has 18 heavy (non-hydrogen) atoms. The van der Waals surface area contributed by atoms with E-state index in [9.17, 15) is 0 Å². The Morgan fingerprint density at radius 3 is 2.78 bits per heavy atom. The quantitative estimate of drug-likeness (QED) is 0.761. The van der Waals surface area contributed by atoms with Gasteiger partial charge in [0.15, 0.2) is 0 Å². The number of anilines is 2. The van der Waals surface area contributed by atoms with Crippen LogP contribution in [0, 0.1) is 0 Å². The molecule has 0 aromatic carbocycles. The molecular formula is C11H19BrN4O2. The summed E-state index contributed by atoms with van der Waals surface area (Å²) in [7, 11) is 3.31. The van der Waals surface area contributed by atoms with Gasteiger partial charge in [0.05, 0.1) is 17.2 Å². The fraction of sp³-hybridized carbons (Fsp3) is 0.636. The van der Waals surface area contributed by atoms with Gasteiger partial charge in [-0.1, -0.05) is 0 Å². The van der Waals surface area contributed by atoms with Crippen LogP contribution in [0.5, 0.6) is 0 Å². The lowest BCUT2D eigenvalue weighted by molar-refractivity contribution is 0.0365. The summed E-state index contributed by atoms with van der Waals surface area (Å²) in [6.45, 7) is 3.93. The first-order valence-electron chi connectivity index (χ1n) is 5.73. The van der Waals surface area contributed by atoms with E-state index in [1.165, 1.54) is 0 Å². The number of aromatic nitrogens is 2. The number of ether oxygens (including phenoxy) is 2. The molecule has 0 saturated heterocycles. The summed E-state index contributed by atoms with van der Waals surface area (Å²) in [4.78, 5) is 8.50. The Labute approximate surface area is 116 Å². The molecule has 0 bridgehead atoms. The van der Waals surface area contributed by atoms with Crippen molar-refractivity contribution in [3.63, 3.8) is 0 Å². The number of hydrogen-bond acceptors (Lipinski definition) is 6. The topological polar surface area (TPSA) is 68.3 Å². The van der Waals surface area contributed by atoms with Crippen LogP contribution < -0.4 is 10.6 Å². The van der Waals surface area contributed by atoms with E-state index < -0.39 is 0 Å². The maximum atomic E-state index is 5.27. The number of rotatable bonds is 8. The average Bonchev–Trinajstić information content (AvgIpc) is 2.38. The molecule has 1 aromatic heterocycles. The van der Waals surface area contributed by atoms with Crippen molar-refractivity contribution in [1.29, 1.82) is 0 Å². The predicted octanol–water partition coefficient (Wildman–Crippen LogP) is 1.74. The van der Waals surface area contributed by atoms with E-state index in [0.717, 1.165) is 16.8 Å². The summed E-state index contributed by atoms with van der Waals surface area (Å²) in [5.74, 6) is 1.34. The van der Waals surface area contributed by atoms with Crippen LogP contribution in [0.4, 0.5) is 11.8 Å². The first kappa shape index (κ1) is 15.1. The second-order valence-corrected chi connectivity index (χ2v) is 4.47. The number of methoxy groups -OCH3 is 2. The van der Waals surface area contributed by atoms with Crippen LogP contribution in [0.15, 0.2) is 10.7 Å². The van der Waals surface area contributed by atoms with Gasteiger partial charge in [-0.05, 0) is 22.9 Å². The number of hydrogen-bond donors (Lipinski definition) is 2. The Morgan fingerprint density at radius 1 is 1.39 bits per heavy atom. The highest BCUT2D eigenvalue weighted by Crippen LogP contribution is 2.20. The van der Waals surface area contributed by atoms with Crippen LogP contribution in [-0.2, 0) is 9.47 Å². The van der Waals surface area contributed by atoms with Crippen molar-refractivity contribution in [3.05, 3.63) is 10.7 Å². The molecule has 0 fully saturated rings. The summed E-state index contributed by atoms with van der Waals surface area (Å²) >= 11 is 3.41. The predicted molar refractivity (Wildman–Crippen MR) is 75.1 cm³/mol. The summed E-state index contributed by atoms with van der Waals surface area (Å²) in [5.41, 5.74) is 0. The molecule has 102 valence electrons. The summed E-state index contributed by atoms with van der Waals surface area (Å²) < 4.78 is 11.1. The van der Waals surface area contributed by atoms with Gasteiger partial charge in [-0.3, -0.25) is 0 Å². The van der Waals surface area contributed by atoms with Gasteiger partial charge in [-0.25, -0.2) is 4.98 Å². The first-order chi connectivity index (χ1) is 8.71. The van der Waals surface area contributed by atoms with Crippen LogP contribution in [0.1, 0.15) is 6.92 Å². The number of nitrogens with one attached hydrogen (secondary N) is 2. The van der Waals surface area contributed by atoms with E-state index in [2.05, 4.69) is 36.5 Å². The molecule has 0 radical (unpaired) electrons. The third-order valence-corrected chi connectivity index (χ3v) is 2.84. The molecule has 0 aliphatic heterocycles. The molecule has 2 N–H and O–H groups in total. The van der Waals surface area contributed by atoms with Gasteiger partial charge >= 0.3 is 0 Å². The van der Waals surface area contributed by atoms with Gasteiger partial charge in [0, 0.05) is 33.5 Å². The van der Waals surface area contributed by atoms with E-state index in [4.69, 9.17) is 9.47 Å². The van der Waals surface area contributed by atoms with Crippen LogP contribution in [0.25, 0.3) is 0 Å². The highest BCUT2D eigenvalue weighted by Gasteiger charge is 2.09. The second kappa shape index (κ2) is 8.23. The zero-order chi connectivity index (χ0) is 13.4. The molecule has 1 atom stereocenters. The average molecular weight is 319 g/mol. The minimum Gasteiger partial charge on any atom is -0.382 e.